The smallest absolute Gasteiger partial charge is 0.318 e. The molecule has 0 bridgehead atoms. The molecule has 9 nitrogen and oxygen atoms in total. The van der Waals surface area contributed by atoms with Crippen molar-refractivity contribution in [2.24, 2.45) is 10.7 Å². The quantitative estimate of drug-likeness (QED) is 0.207. The number of urea groups is 1. The van der Waals surface area contributed by atoms with E-state index in [1.165, 1.54) is 17.0 Å². The molecule has 0 saturated carbocycles. The summed E-state index contributed by atoms with van der Waals surface area (Å²) in [6.45, 7) is 0. The molecule has 0 aliphatic rings. The molecule has 2 amide bonds. The molecule has 5 N–H and O–H groups in total. The van der Waals surface area contributed by atoms with E-state index in [1.807, 2.05) is 30.3 Å². The van der Waals surface area contributed by atoms with Gasteiger partial charge >= 0.3 is 6.03 Å². The maximum absolute atomic E-state index is 13.2. The van der Waals surface area contributed by atoms with Crippen LogP contribution < -0.4 is 15.4 Å². The minimum Gasteiger partial charge on any atom is -0.494 e. The molecule has 0 spiro atoms. The molecule has 10 heteroatoms. The molecule has 5 aromatic rings. The van der Waals surface area contributed by atoms with E-state index in [2.05, 4.69) is 9.71 Å². The molecule has 4 aromatic carbocycles. The van der Waals surface area contributed by atoms with Crippen molar-refractivity contribution in [2.45, 2.75) is 4.90 Å². The van der Waals surface area contributed by atoms with Crippen LogP contribution in [0.5, 0.6) is 5.88 Å². The first kappa shape index (κ1) is 25.6. The number of para-hydroxylation sites is 1. The normalized spacial score (nSPS) is 11.9. The summed E-state index contributed by atoms with van der Waals surface area (Å²) in [6, 6.07) is 28.7. The fourth-order valence-electron chi connectivity index (χ4n) is 4.15. The maximum Gasteiger partial charge on any atom is 0.318 e. The number of sulfonamides is 1. The highest BCUT2D eigenvalue weighted by Crippen LogP contribution is 2.33. The van der Waals surface area contributed by atoms with Crippen LogP contribution in [0.1, 0.15) is 11.1 Å². The summed E-state index contributed by atoms with van der Waals surface area (Å²) in [6.07, 6.45) is 0. The standard InChI is InChI=1S/C29H25N5O4S/c1-34(29(30)36)22-14-12-20(13-15-22)31-27(19-8-4-2-5-9-19)26-24-18-23(16-17-25(24)32-28(26)35)39(37,38)33-21-10-6-3-7-11-21/h2-18,32-33,35H,1H3,(H2,30,36). The van der Waals surface area contributed by atoms with Gasteiger partial charge in [-0.15, -0.1) is 0 Å². The summed E-state index contributed by atoms with van der Waals surface area (Å²) >= 11 is 0. The average Bonchev–Trinajstić information content (AvgIpc) is 3.27. The second-order valence-corrected chi connectivity index (χ2v) is 10.5. The number of hydrogen-bond acceptors (Lipinski definition) is 5. The Bertz CT molecular complexity index is 1780. The number of aliphatic imine (C=N–C) groups is 1. The zero-order valence-corrected chi connectivity index (χ0v) is 21.7. The van der Waals surface area contributed by atoms with Gasteiger partial charge in [0, 0.05) is 34.9 Å². The van der Waals surface area contributed by atoms with Crippen molar-refractivity contribution >= 4 is 49.7 Å². The molecule has 0 aliphatic carbocycles. The largest absolute Gasteiger partial charge is 0.494 e. The summed E-state index contributed by atoms with van der Waals surface area (Å²) in [5.74, 6) is -0.150. The van der Waals surface area contributed by atoms with Crippen molar-refractivity contribution < 1.29 is 18.3 Å². The molecular formula is C29H25N5O4S. The number of carbonyl (C=O) groups excluding carboxylic acids is 1. The van der Waals surface area contributed by atoms with Crippen LogP contribution in [-0.2, 0) is 10.0 Å². The highest BCUT2D eigenvalue weighted by molar-refractivity contribution is 7.92. The topological polar surface area (TPSA) is 141 Å². The van der Waals surface area contributed by atoms with Crippen LogP contribution in [0, 0.1) is 0 Å². The van der Waals surface area contributed by atoms with Crippen molar-refractivity contribution in [3.63, 3.8) is 0 Å². The van der Waals surface area contributed by atoms with Crippen molar-refractivity contribution in [3.8, 4) is 5.88 Å². The maximum atomic E-state index is 13.2. The first-order valence-corrected chi connectivity index (χ1v) is 13.4. The summed E-state index contributed by atoms with van der Waals surface area (Å²) in [7, 11) is -2.34. The number of rotatable bonds is 7. The first-order valence-electron chi connectivity index (χ1n) is 11.9. The number of aromatic nitrogens is 1. The van der Waals surface area contributed by atoms with Crippen molar-refractivity contribution in [3.05, 3.63) is 114 Å². The van der Waals surface area contributed by atoms with E-state index in [0.717, 1.165) is 0 Å². The Labute approximate surface area is 225 Å². The zero-order chi connectivity index (χ0) is 27.6. The van der Waals surface area contributed by atoms with Crippen LogP contribution in [0.2, 0.25) is 0 Å². The number of H-pyrrole nitrogens is 1. The lowest BCUT2D eigenvalue weighted by atomic mass is 10.0. The minimum absolute atomic E-state index is 0.0327. The lowest BCUT2D eigenvalue weighted by molar-refractivity contribution is 0.255. The number of benzene rings is 4. The third kappa shape index (κ3) is 5.32. The Kier molecular flexibility index (Phi) is 6.78. The second-order valence-electron chi connectivity index (χ2n) is 8.77. The number of aromatic hydroxyl groups is 1. The summed E-state index contributed by atoms with van der Waals surface area (Å²) < 4.78 is 28.9. The molecule has 5 rings (SSSR count). The minimum atomic E-state index is -3.91. The Morgan fingerprint density at radius 1 is 0.923 bits per heavy atom. The molecule has 1 aromatic heterocycles. The molecule has 196 valence electrons. The lowest BCUT2D eigenvalue weighted by Gasteiger charge is -2.14. The summed E-state index contributed by atoms with van der Waals surface area (Å²) in [5, 5.41) is 11.5. The van der Waals surface area contributed by atoms with Gasteiger partial charge in [0.25, 0.3) is 10.0 Å². The summed E-state index contributed by atoms with van der Waals surface area (Å²) in [4.78, 5) is 20.6. The van der Waals surface area contributed by atoms with Crippen molar-refractivity contribution in [1.29, 1.82) is 0 Å². The number of nitrogens with zero attached hydrogens (tertiary/aromatic N) is 2. The van der Waals surface area contributed by atoms with Gasteiger partial charge in [0.2, 0.25) is 0 Å². The first-order chi connectivity index (χ1) is 18.7. The van der Waals surface area contributed by atoms with Crippen LogP contribution in [0.25, 0.3) is 10.9 Å². The Hall–Kier alpha value is -5.09. The Morgan fingerprint density at radius 2 is 1.56 bits per heavy atom. The van der Waals surface area contributed by atoms with Gasteiger partial charge in [-0.25, -0.2) is 18.2 Å². The van der Waals surface area contributed by atoms with Crippen LogP contribution in [0.4, 0.5) is 21.9 Å². The Morgan fingerprint density at radius 3 is 2.21 bits per heavy atom. The van der Waals surface area contributed by atoms with Crippen molar-refractivity contribution in [2.75, 3.05) is 16.7 Å². The van der Waals surface area contributed by atoms with Crippen LogP contribution in [0.15, 0.2) is 113 Å². The van der Waals surface area contributed by atoms with E-state index in [1.54, 1.807) is 67.7 Å². The van der Waals surface area contributed by atoms with Crippen molar-refractivity contribution in [1.82, 2.24) is 4.98 Å². The fraction of sp³-hybridized carbons (Fsp3) is 0.0345. The third-order valence-electron chi connectivity index (χ3n) is 6.18. The van der Waals surface area contributed by atoms with Gasteiger partial charge in [0.1, 0.15) is 0 Å². The number of amides is 2. The van der Waals surface area contributed by atoms with E-state index in [0.29, 0.717) is 44.8 Å². The molecule has 0 unspecified atom stereocenters. The number of hydrogen-bond donors (Lipinski definition) is 4. The van der Waals surface area contributed by atoms with E-state index in [4.69, 9.17) is 10.7 Å². The van der Waals surface area contributed by atoms with Gasteiger partial charge in [-0.05, 0) is 54.6 Å². The molecule has 39 heavy (non-hydrogen) atoms. The van der Waals surface area contributed by atoms with E-state index < -0.39 is 16.1 Å². The predicted octanol–water partition coefficient (Wildman–Crippen LogP) is 5.36. The van der Waals surface area contributed by atoms with Crippen LogP contribution in [0.3, 0.4) is 0 Å². The van der Waals surface area contributed by atoms with Gasteiger partial charge in [0.15, 0.2) is 5.88 Å². The van der Waals surface area contributed by atoms with E-state index in [9.17, 15) is 18.3 Å². The van der Waals surface area contributed by atoms with Gasteiger partial charge in [-0.1, -0.05) is 48.5 Å². The van der Waals surface area contributed by atoms with Gasteiger partial charge in [-0.3, -0.25) is 9.62 Å². The fourth-order valence-corrected chi connectivity index (χ4v) is 5.24. The highest BCUT2D eigenvalue weighted by atomic mass is 32.2. The molecule has 1 heterocycles. The van der Waals surface area contributed by atoms with E-state index >= 15 is 0 Å². The number of nitrogens with two attached hydrogens (primary N) is 1. The number of nitrogens with one attached hydrogen (secondary N) is 2. The lowest BCUT2D eigenvalue weighted by Crippen LogP contribution is -2.31. The van der Waals surface area contributed by atoms with Crippen LogP contribution in [-0.4, -0.2) is 37.3 Å². The number of anilines is 2. The highest BCUT2D eigenvalue weighted by Gasteiger charge is 2.22. The molecule has 0 radical (unpaired) electrons. The number of fused-ring (bicyclic) bond motifs is 1. The number of carbonyl (C=O) groups is 1. The number of aromatic amines is 1. The van der Waals surface area contributed by atoms with Gasteiger partial charge in [-0.2, -0.15) is 0 Å². The molecular weight excluding hydrogens is 514 g/mol. The monoisotopic (exact) mass is 539 g/mol. The van der Waals surface area contributed by atoms with Gasteiger partial charge < -0.3 is 15.8 Å². The molecule has 0 atom stereocenters. The average molecular weight is 540 g/mol. The molecule has 0 saturated heterocycles. The zero-order valence-electron chi connectivity index (χ0n) is 20.9. The summed E-state index contributed by atoms with van der Waals surface area (Å²) in [5.41, 5.74) is 8.99. The number of primary amides is 1. The Balaban J connectivity index is 1.63. The van der Waals surface area contributed by atoms with E-state index in [-0.39, 0.29) is 10.8 Å². The predicted molar refractivity (Wildman–Crippen MR) is 153 cm³/mol. The third-order valence-corrected chi connectivity index (χ3v) is 7.56. The second kappa shape index (κ2) is 10.3. The van der Waals surface area contributed by atoms with Gasteiger partial charge in [0.05, 0.1) is 21.9 Å². The molecule has 0 fully saturated rings. The SMILES string of the molecule is CN(C(N)=O)c1ccc(N=C(c2ccccc2)c2c(O)[nH]c3ccc(S(=O)(=O)Nc4ccccc4)cc23)cc1. The van der Waals surface area contributed by atoms with Crippen LogP contribution >= 0.6 is 0 Å². The molecule has 0 aliphatic heterocycles.